The largest absolute Gasteiger partial charge is 0.341 e. The van der Waals surface area contributed by atoms with Gasteiger partial charge in [0.2, 0.25) is 0 Å². The van der Waals surface area contributed by atoms with Crippen LogP contribution < -0.4 is 4.90 Å². The zero-order chi connectivity index (χ0) is 21.9. The van der Waals surface area contributed by atoms with Crippen molar-refractivity contribution in [1.29, 1.82) is 5.26 Å². The number of non-ortho nitro benzene ring substituents is 1. The standard InChI is InChI=1S/C25H25N3O2/c1-5-27-20(14-15-25(2,3)4)16-22(21-8-6-7-9-24(21)27)23(17-26)18-10-12-19(13-11-18)28(29)30/h6-16H,5H2,1-4H3/b15-14+,23-22+. The minimum atomic E-state index is -0.437. The summed E-state index contributed by atoms with van der Waals surface area (Å²) < 4.78 is 0. The maximum atomic E-state index is 11.0. The van der Waals surface area contributed by atoms with Crippen LogP contribution >= 0.6 is 0 Å². The molecular formula is C25H25N3O2. The Morgan fingerprint density at radius 3 is 2.40 bits per heavy atom. The van der Waals surface area contributed by atoms with Gasteiger partial charge in [0, 0.05) is 41.2 Å². The molecule has 0 saturated carbocycles. The smallest absolute Gasteiger partial charge is 0.269 e. The van der Waals surface area contributed by atoms with Gasteiger partial charge in [0.05, 0.1) is 10.5 Å². The van der Waals surface area contributed by atoms with Crippen molar-refractivity contribution in [3.05, 3.63) is 93.7 Å². The lowest BCUT2D eigenvalue weighted by molar-refractivity contribution is -0.384. The Morgan fingerprint density at radius 1 is 1.17 bits per heavy atom. The minimum Gasteiger partial charge on any atom is -0.341 e. The molecular weight excluding hydrogens is 374 g/mol. The zero-order valence-electron chi connectivity index (χ0n) is 17.7. The molecule has 0 aliphatic carbocycles. The lowest BCUT2D eigenvalue weighted by Gasteiger charge is -2.32. The number of rotatable bonds is 4. The highest BCUT2D eigenvalue weighted by molar-refractivity contribution is 6.05. The van der Waals surface area contributed by atoms with Crippen LogP contribution in [0.3, 0.4) is 0 Å². The van der Waals surface area contributed by atoms with Crippen LogP contribution in [0.4, 0.5) is 11.4 Å². The summed E-state index contributed by atoms with van der Waals surface area (Å²) in [5, 5.41) is 21.0. The van der Waals surface area contributed by atoms with E-state index in [1.54, 1.807) is 12.1 Å². The number of likely N-dealkylation sites (N-methyl/N-ethyl adjacent to an activating group) is 1. The SMILES string of the molecule is CCN1C(/C=C/C(C)(C)C)=CC(=C(/C#N)c2ccc([N+](=O)[O-])cc2)/c2ccccc21. The van der Waals surface area contributed by atoms with Crippen molar-refractivity contribution in [2.24, 2.45) is 5.41 Å². The fourth-order valence-corrected chi connectivity index (χ4v) is 3.44. The lowest BCUT2D eigenvalue weighted by atomic mass is 9.89. The lowest BCUT2D eigenvalue weighted by Crippen LogP contribution is -2.25. The minimum absolute atomic E-state index is 0.00610. The van der Waals surface area contributed by atoms with E-state index in [4.69, 9.17) is 0 Å². The molecule has 5 heteroatoms. The van der Waals surface area contributed by atoms with Crippen LogP contribution in [0.25, 0.3) is 11.1 Å². The molecule has 152 valence electrons. The normalized spacial score (nSPS) is 15.4. The molecule has 2 aromatic rings. The van der Waals surface area contributed by atoms with Crippen molar-refractivity contribution in [3.63, 3.8) is 0 Å². The van der Waals surface area contributed by atoms with Crippen LogP contribution in [0, 0.1) is 26.9 Å². The molecule has 0 saturated heterocycles. The third kappa shape index (κ3) is 4.33. The number of nitro benzene ring substituents is 1. The van der Waals surface area contributed by atoms with Crippen LogP contribution in [0.1, 0.15) is 38.8 Å². The van der Waals surface area contributed by atoms with E-state index in [2.05, 4.69) is 56.9 Å². The predicted molar refractivity (Wildman–Crippen MR) is 122 cm³/mol. The quantitative estimate of drug-likeness (QED) is 0.341. The Morgan fingerprint density at radius 2 is 1.83 bits per heavy atom. The highest BCUT2D eigenvalue weighted by Crippen LogP contribution is 2.40. The van der Waals surface area contributed by atoms with Crippen molar-refractivity contribution >= 4 is 22.5 Å². The third-order valence-electron chi connectivity index (χ3n) is 4.91. The van der Waals surface area contributed by atoms with Gasteiger partial charge in [-0.1, -0.05) is 45.0 Å². The number of hydrogen-bond acceptors (Lipinski definition) is 4. The van der Waals surface area contributed by atoms with Crippen molar-refractivity contribution in [3.8, 4) is 6.07 Å². The molecule has 0 atom stereocenters. The summed E-state index contributed by atoms with van der Waals surface area (Å²) in [6.07, 6.45) is 6.29. The Kier molecular flexibility index (Phi) is 5.89. The fourth-order valence-electron chi connectivity index (χ4n) is 3.44. The van der Waals surface area contributed by atoms with Crippen molar-refractivity contribution < 1.29 is 4.92 Å². The summed E-state index contributed by atoms with van der Waals surface area (Å²) in [7, 11) is 0. The van der Waals surface area contributed by atoms with Gasteiger partial charge in [0.1, 0.15) is 6.07 Å². The number of benzene rings is 2. The number of fused-ring (bicyclic) bond motifs is 1. The van der Waals surface area contributed by atoms with Gasteiger partial charge in [0.25, 0.3) is 5.69 Å². The van der Waals surface area contributed by atoms with Crippen LogP contribution in [0.5, 0.6) is 0 Å². The molecule has 5 nitrogen and oxygen atoms in total. The van der Waals surface area contributed by atoms with Crippen molar-refractivity contribution in [1.82, 2.24) is 0 Å². The molecule has 0 bridgehead atoms. The molecule has 0 amide bonds. The second-order valence-electron chi connectivity index (χ2n) is 8.23. The monoisotopic (exact) mass is 399 g/mol. The molecule has 30 heavy (non-hydrogen) atoms. The second-order valence-corrected chi connectivity index (χ2v) is 8.23. The molecule has 0 unspecified atom stereocenters. The Hall–Kier alpha value is -3.65. The van der Waals surface area contributed by atoms with E-state index >= 15 is 0 Å². The van der Waals surface area contributed by atoms with Gasteiger partial charge >= 0.3 is 0 Å². The van der Waals surface area contributed by atoms with E-state index in [1.807, 2.05) is 24.3 Å². The zero-order valence-corrected chi connectivity index (χ0v) is 17.7. The molecule has 1 aliphatic rings. The molecule has 0 N–H and O–H groups in total. The molecule has 2 aromatic carbocycles. The molecule has 0 fully saturated rings. The van der Waals surface area contributed by atoms with Gasteiger partial charge in [-0.15, -0.1) is 0 Å². The molecule has 1 heterocycles. The summed E-state index contributed by atoms with van der Waals surface area (Å²) >= 11 is 0. The highest BCUT2D eigenvalue weighted by atomic mass is 16.6. The number of nitro groups is 1. The van der Waals surface area contributed by atoms with E-state index in [0.29, 0.717) is 11.1 Å². The van der Waals surface area contributed by atoms with Crippen LogP contribution in [-0.2, 0) is 0 Å². The van der Waals surface area contributed by atoms with Gasteiger partial charge in [0.15, 0.2) is 0 Å². The first kappa shape index (κ1) is 21.1. The summed E-state index contributed by atoms with van der Waals surface area (Å²) in [5.41, 5.74) is 5.03. The van der Waals surface area contributed by atoms with Gasteiger partial charge in [-0.25, -0.2) is 0 Å². The molecule has 0 aromatic heterocycles. The molecule has 1 aliphatic heterocycles. The van der Waals surface area contributed by atoms with E-state index in [-0.39, 0.29) is 11.1 Å². The number of allylic oxidation sites excluding steroid dienone is 5. The van der Waals surface area contributed by atoms with E-state index in [1.165, 1.54) is 12.1 Å². The number of hydrogen-bond donors (Lipinski definition) is 0. The number of anilines is 1. The Balaban J connectivity index is 2.24. The highest BCUT2D eigenvalue weighted by Gasteiger charge is 2.23. The number of nitrogens with zero attached hydrogens (tertiary/aromatic N) is 3. The summed E-state index contributed by atoms with van der Waals surface area (Å²) in [6.45, 7) is 9.33. The third-order valence-corrected chi connectivity index (χ3v) is 4.91. The Bertz CT molecular complexity index is 1090. The van der Waals surface area contributed by atoms with E-state index < -0.39 is 4.92 Å². The molecule has 3 rings (SSSR count). The fraction of sp³-hybridized carbons (Fsp3) is 0.240. The maximum Gasteiger partial charge on any atom is 0.269 e. The van der Waals surface area contributed by atoms with Gasteiger partial charge < -0.3 is 4.90 Å². The number of para-hydroxylation sites is 1. The van der Waals surface area contributed by atoms with Crippen molar-refractivity contribution in [2.45, 2.75) is 27.7 Å². The second kappa shape index (κ2) is 8.38. The first-order chi connectivity index (χ1) is 14.2. The summed E-state index contributed by atoms with van der Waals surface area (Å²) in [4.78, 5) is 12.8. The summed E-state index contributed by atoms with van der Waals surface area (Å²) in [5.74, 6) is 0. The molecule has 0 radical (unpaired) electrons. The van der Waals surface area contributed by atoms with Gasteiger partial charge in [-0.3, -0.25) is 10.1 Å². The van der Waals surface area contributed by atoms with Crippen LogP contribution in [0.2, 0.25) is 0 Å². The number of nitriles is 1. The van der Waals surface area contributed by atoms with E-state index in [9.17, 15) is 15.4 Å². The average Bonchev–Trinajstić information content (AvgIpc) is 2.72. The van der Waals surface area contributed by atoms with Crippen LogP contribution in [-0.4, -0.2) is 11.5 Å². The maximum absolute atomic E-state index is 11.0. The van der Waals surface area contributed by atoms with Gasteiger partial charge in [-0.05, 0) is 48.3 Å². The van der Waals surface area contributed by atoms with Crippen molar-refractivity contribution in [2.75, 3.05) is 11.4 Å². The van der Waals surface area contributed by atoms with Gasteiger partial charge in [-0.2, -0.15) is 5.26 Å². The molecule has 0 spiro atoms. The first-order valence-corrected chi connectivity index (χ1v) is 9.92. The first-order valence-electron chi connectivity index (χ1n) is 9.92. The topological polar surface area (TPSA) is 70.2 Å². The predicted octanol–water partition coefficient (Wildman–Crippen LogP) is 6.36. The van der Waals surface area contributed by atoms with Crippen LogP contribution in [0.15, 0.2) is 72.5 Å². The average molecular weight is 399 g/mol. The van der Waals surface area contributed by atoms with E-state index in [0.717, 1.165) is 29.1 Å². The summed E-state index contributed by atoms with van der Waals surface area (Å²) in [6, 6.07) is 16.5. The Labute approximate surface area is 177 Å².